The molecule has 4 nitrogen and oxygen atoms in total. The van der Waals surface area contributed by atoms with Gasteiger partial charge in [0.25, 0.3) is 0 Å². The number of rotatable bonds is 4. The SMILES string of the molecule is CCCn1nc(Nc2ccccc2)[n+]2c(C)cc(C)cc12. The third-order valence-corrected chi connectivity index (χ3v) is 3.53. The van der Waals surface area contributed by atoms with E-state index in [0.29, 0.717) is 0 Å². The van der Waals surface area contributed by atoms with Crippen LogP contribution < -0.4 is 9.72 Å². The summed E-state index contributed by atoms with van der Waals surface area (Å²) in [5, 5.41) is 8.16. The highest BCUT2D eigenvalue weighted by Crippen LogP contribution is 2.14. The number of aryl methyl sites for hydroxylation is 3. The first kappa shape index (κ1) is 13.6. The smallest absolute Gasteiger partial charge is 0.260 e. The lowest BCUT2D eigenvalue weighted by molar-refractivity contribution is -0.504. The summed E-state index contributed by atoms with van der Waals surface area (Å²) in [4.78, 5) is 0. The lowest BCUT2D eigenvalue weighted by Gasteiger charge is -2.01. The number of para-hydroxylation sites is 1. The molecule has 0 aliphatic carbocycles. The Kier molecular flexibility index (Phi) is 3.60. The zero-order chi connectivity index (χ0) is 14.8. The monoisotopic (exact) mass is 281 g/mol. The number of anilines is 2. The molecule has 1 aromatic carbocycles. The van der Waals surface area contributed by atoms with E-state index in [4.69, 9.17) is 5.10 Å². The Morgan fingerprint density at radius 2 is 1.90 bits per heavy atom. The predicted octanol–water partition coefficient (Wildman–Crippen LogP) is 3.39. The molecule has 0 amide bonds. The summed E-state index contributed by atoms with van der Waals surface area (Å²) in [5.74, 6) is 0.863. The van der Waals surface area contributed by atoms with Gasteiger partial charge in [0.05, 0.1) is 17.9 Å². The second-order valence-corrected chi connectivity index (χ2v) is 5.41. The van der Waals surface area contributed by atoms with Crippen molar-refractivity contribution < 1.29 is 4.40 Å². The largest absolute Gasteiger partial charge is 0.387 e. The van der Waals surface area contributed by atoms with Crippen LogP contribution in [0.15, 0.2) is 42.5 Å². The van der Waals surface area contributed by atoms with Crippen molar-refractivity contribution in [2.24, 2.45) is 0 Å². The van der Waals surface area contributed by atoms with Gasteiger partial charge in [-0.05, 0) is 44.0 Å². The van der Waals surface area contributed by atoms with E-state index >= 15 is 0 Å². The summed E-state index contributed by atoms with van der Waals surface area (Å²) >= 11 is 0. The molecule has 0 radical (unpaired) electrons. The van der Waals surface area contributed by atoms with E-state index in [2.05, 4.69) is 59.4 Å². The summed E-state index contributed by atoms with van der Waals surface area (Å²) in [6.07, 6.45) is 1.06. The van der Waals surface area contributed by atoms with Crippen LogP contribution in [0.2, 0.25) is 0 Å². The Morgan fingerprint density at radius 3 is 2.62 bits per heavy atom. The van der Waals surface area contributed by atoms with Gasteiger partial charge in [0.15, 0.2) is 0 Å². The van der Waals surface area contributed by atoms with Gasteiger partial charge in [-0.1, -0.05) is 25.1 Å². The first-order chi connectivity index (χ1) is 10.2. The molecular formula is C17H21N4+. The van der Waals surface area contributed by atoms with Crippen LogP contribution in [-0.4, -0.2) is 9.78 Å². The molecule has 0 saturated heterocycles. The van der Waals surface area contributed by atoms with Gasteiger partial charge >= 0.3 is 5.95 Å². The molecule has 0 fully saturated rings. The lowest BCUT2D eigenvalue weighted by Crippen LogP contribution is -2.27. The predicted molar refractivity (Wildman–Crippen MR) is 84.9 cm³/mol. The van der Waals surface area contributed by atoms with Crippen molar-refractivity contribution in [3.05, 3.63) is 53.7 Å². The van der Waals surface area contributed by atoms with E-state index < -0.39 is 0 Å². The molecule has 3 aromatic rings. The van der Waals surface area contributed by atoms with Crippen molar-refractivity contribution >= 4 is 17.3 Å². The van der Waals surface area contributed by atoms with Crippen molar-refractivity contribution in [2.45, 2.75) is 33.7 Å². The van der Waals surface area contributed by atoms with Crippen molar-refractivity contribution in [3.63, 3.8) is 0 Å². The van der Waals surface area contributed by atoms with Crippen LogP contribution in [0, 0.1) is 13.8 Å². The minimum Gasteiger partial charge on any atom is -0.260 e. The zero-order valence-electron chi connectivity index (χ0n) is 12.8. The van der Waals surface area contributed by atoms with Crippen molar-refractivity contribution in [1.29, 1.82) is 0 Å². The number of aromatic nitrogens is 3. The Bertz CT molecular complexity index is 759. The molecule has 0 bridgehead atoms. The molecule has 0 aliphatic heterocycles. The topological polar surface area (TPSA) is 34.0 Å². The fraction of sp³-hybridized carbons (Fsp3) is 0.294. The molecule has 0 spiro atoms. The number of nitrogens with one attached hydrogen (secondary N) is 1. The van der Waals surface area contributed by atoms with Gasteiger partial charge < -0.3 is 0 Å². The first-order valence-corrected chi connectivity index (χ1v) is 7.41. The molecule has 0 unspecified atom stereocenters. The molecule has 2 heterocycles. The van der Waals surface area contributed by atoms with Crippen LogP contribution in [0.1, 0.15) is 24.6 Å². The number of hydrogen-bond donors (Lipinski definition) is 1. The van der Waals surface area contributed by atoms with Crippen LogP contribution in [0.4, 0.5) is 11.6 Å². The average molecular weight is 281 g/mol. The third-order valence-electron chi connectivity index (χ3n) is 3.53. The van der Waals surface area contributed by atoms with Crippen LogP contribution in [-0.2, 0) is 6.54 Å². The normalized spacial score (nSPS) is 11.0. The Balaban J connectivity index is 2.14. The molecule has 4 heteroatoms. The summed E-state index contributed by atoms with van der Waals surface area (Å²) in [6, 6.07) is 14.5. The van der Waals surface area contributed by atoms with Crippen molar-refractivity contribution in [1.82, 2.24) is 9.78 Å². The van der Waals surface area contributed by atoms with Gasteiger partial charge in [0.1, 0.15) is 0 Å². The fourth-order valence-electron chi connectivity index (χ4n) is 2.67. The summed E-state index contributed by atoms with van der Waals surface area (Å²) in [5.41, 5.74) is 4.63. The number of nitrogens with zero attached hydrogens (tertiary/aromatic N) is 3. The number of benzene rings is 1. The molecule has 21 heavy (non-hydrogen) atoms. The third kappa shape index (κ3) is 2.61. The molecule has 0 atom stereocenters. The van der Waals surface area contributed by atoms with Gasteiger partial charge in [-0.2, -0.15) is 4.40 Å². The molecule has 108 valence electrons. The van der Waals surface area contributed by atoms with Gasteiger partial charge in [-0.15, -0.1) is 4.68 Å². The quantitative estimate of drug-likeness (QED) is 0.744. The minimum absolute atomic E-state index is 0.863. The van der Waals surface area contributed by atoms with Crippen molar-refractivity contribution in [2.75, 3.05) is 5.32 Å². The Hall–Kier alpha value is -2.36. The maximum Gasteiger partial charge on any atom is 0.387 e. The highest BCUT2D eigenvalue weighted by Gasteiger charge is 2.20. The number of hydrogen-bond acceptors (Lipinski definition) is 2. The maximum atomic E-state index is 4.74. The van der Waals surface area contributed by atoms with Crippen LogP contribution in [0.3, 0.4) is 0 Å². The van der Waals surface area contributed by atoms with E-state index in [1.165, 1.54) is 11.3 Å². The van der Waals surface area contributed by atoms with Gasteiger partial charge in [0.2, 0.25) is 5.65 Å². The lowest BCUT2D eigenvalue weighted by atomic mass is 10.2. The zero-order valence-corrected chi connectivity index (χ0v) is 12.8. The van der Waals surface area contributed by atoms with E-state index in [9.17, 15) is 0 Å². The summed E-state index contributed by atoms with van der Waals surface area (Å²) in [7, 11) is 0. The van der Waals surface area contributed by atoms with Crippen LogP contribution in [0.25, 0.3) is 5.65 Å². The molecule has 3 rings (SSSR count). The highest BCUT2D eigenvalue weighted by molar-refractivity contribution is 5.52. The summed E-state index contributed by atoms with van der Waals surface area (Å²) in [6.45, 7) is 7.34. The Morgan fingerprint density at radius 1 is 1.14 bits per heavy atom. The Labute approximate surface area is 125 Å². The van der Waals surface area contributed by atoms with Gasteiger partial charge in [0, 0.05) is 11.2 Å². The number of fused-ring (bicyclic) bond motifs is 1. The molecule has 0 aliphatic rings. The minimum atomic E-state index is 0.863. The second-order valence-electron chi connectivity index (χ2n) is 5.41. The molecule has 2 aromatic heterocycles. The van der Waals surface area contributed by atoms with E-state index in [0.717, 1.165) is 30.2 Å². The van der Waals surface area contributed by atoms with Crippen molar-refractivity contribution in [3.8, 4) is 0 Å². The van der Waals surface area contributed by atoms with Gasteiger partial charge in [-0.3, -0.25) is 5.32 Å². The maximum absolute atomic E-state index is 4.74. The molecule has 1 N–H and O–H groups in total. The van der Waals surface area contributed by atoms with Crippen LogP contribution in [0.5, 0.6) is 0 Å². The average Bonchev–Trinajstić information content (AvgIpc) is 2.78. The highest BCUT2D eigenvalue weighted by atomic mass is 15.4. The van der Waals surface area contributed by atoms with Crippen LogP contribution >= 0.6 is 0 Å². The fourth-order valence-corrected chi connectivity index (χ4v) is 2.67. The van der Waals surface area contributed by atoms with E-state index in [1.807, 2.05) is 18.2 Å². The van der Waals surface area contributed by atoms with E-state index in [1.54, 1.807) is 0 Å². The molecular weight excluding hydrogens is 260 g/mol. The van der Waals surface area contributed by atoms with E-state index in [-0.39, 0.29) is 0 Å². The van der Waals surface area contributed by atoms with Gasteiger partial charge in [-0.25, -0.2) is 0 Å². The summed E-state index contributed by atoms with van der Waals surface area (Å²) < 4.78 is 4.25. The standard InChI is InChI=1S/C17H21N4/c1-4-10-20-16-12-13(2)11-14(3)21(16)17(19-20)18-15-8-6-5-7-9-15/h5-9,11-12H,4,10H2,1-3H3,(H,18,19)/q+1. The second kappa shape index (κ2) is 5.56. The number of pyridine rings is 1. The first-order valence-electron chi connectivity index (χ1n) is 7.41. The molecule has 0 saturated carbocycles.